The number of hydrogen-bond donors (Lipinski definition) is 1. The summed E-state index contributed by atoms with van der Waals surface area (Å²) in [6.07, 6.45) is 4.81. The zero-order chi connectivity index (χ0) is 14.8. The fourth-order valence-electron chi connectivity index (χ4n) is 2.97. The second kappa shape index (κ2) is 6.55. The van der Waals surface area contributed by atoms with Crippen molar-refractivity contribution in [3.05, 3.63) is 33.8 Å². The first kappa shape index (κ1) is 15.1. The van der Waals surface area contributed by atoms with Gasteiger partial charge in [0.2, 0.25) is 5.91 Å². The molecule has 1 aromatic rings. The van der Waals surface area contributed by atoms with Gasteiger partial charge in [-0.15, -0.1) is 0 Å². The minimum Gasteiger partial charge on any atom is -0.352 e. The molecule has 1 aromatic carbocycles. The molecule has 114 valence electrons. The van der Waals surface area contributed by atoms with E-state index in [4.69, 9.17) is 23.2 Å². The van der Waals surface area contributed by atoms with E-state index in [0.717, 1.165) is 31.1 Å². The molecule has 2 fully saturated rings. The first-order valence-electron chi connectivity index (χ1n) is 7.60. The average Bonchev–Trinajstić information content (AvgIpc) is 3.21. The summed E-state index contributed by atoms with van der Waals surface area (Å²) in [7, 11) is 0. The average molecular weight is 327 g/mol. The summed E-state index contributed by atoms with van der Waals surface area (Å²) in [6, 6.07) is 6.65. The van der Waals surface area contributed by atoms with Crippen molar-refractivity contribution in [2.24, 2.45) is 0 Å². The topological polar surface area (TPSA) is 32.3 Å². The lowest BCUT2D eigenvalue weighted by Crippen LogP contribution is -2.37. The van der Waals surface area contributed by atoms with E-state index in [-0.39, 0.29) is 5.91 Å². The summed E-state index contributed by atoms with van der Waals surface area (Å²) in [5.41, 5.74) is 0.936. The Morgan fingerprint density at radius 3 is 2.86 bits per heavy atom. The lowest BCUT2D eigenvalue weighted by Gasteiger charge is -2.16. The van der Waals surface area contributed by atoms with Gasteiger partial charge in [-0.1, -0.05) is 35.3 Å². The minimum atomic E-state index is 0.105. The number of benzene rings is 1. The lowest BCUT2D eigenvalue weighted by atomic mass is 10.1. The number of nitrogens with zero attached hydrogens (tertiary/aromatic N) is 1. The van der Waals surface area contributed by atoms with Crippen molar-refractivity contribution in [1.82, 2.24) is 10.2 Å². The van der Waals surface area contributed by atoms with Gasteiger partial charge in [0, 0.05) is 31.6 Å². The molecule has 5 heteroatoms. The molecule has 1 saturated carbocycles. The monoisotopic (exact) mass is 326 g/mol. The van der Waals surface area contributed by atoms with Gasteiger partial charge < -0.3 is 5.32 Å². The third-order valence-corrected chi connectivity index (χ3v) is 5.16. The van der Waals surface area contributed by atoms with Crippen molar-refractivity contribution in [2.75, 3.05) is 13.1 Å². The molecule has 0 bridgehead atoms. The Hall–Kier alpha value is -0.770. The molecule has 2 aliphatic rings. The minimum absolute atomic E-state index is 0.105. The zero-order valence-electron chi connectivity index (χ0n) is 11.9. The Labute approximate surface area is 135 Å². The van der Waals surface area contributed by atoms with E-state index < -0.39 is 0 Å². The van der Waals surface area contributed by atoms with Crippen molar-refractivity contribution >= 4 is 29.1 Å². The third-order valence-electron chi connectivity index (χ3n) is 4.30. The molecule has 3 rings (SSSR count). The van der Waals surface area contributed by atoms with Crippen molar-refractivity contribution in [2.45, 2.75) is 44.2 Å². The van der Waals surface area contributed by atoms with Gasteiger partial charge in [-0.2, -0.15) is 0 Å². The zero-order valence-corrected chi connectivity index (χ0v) is 13.5. The van der Waals surface area contributed by atoms with Crippen LogP contribution in [0.15, 0.2) is 18.2 Å². The van der Waals surface area contributed by atoms with Gasteiger partial charge in [0.25, 0.3) is 0 Å². The van der Waals surface area contributed by atoms with Crippen LogP contribution >= 0.6 is 23.2 Å². The first-order chi connectivity index (χ1) is 10.1. The molecule has 0 radical (unpaired) electrons. The molecule has 1 aliphatic carbocycles. The molecule has 21 heavy (non-hydrogen) atoms. The highest BCUT2D eigenvalue weighted by Crippen LogP contribution is 2.30. The van der Waals surface area contributed by atoms with Crippen molar-refractivity contribution in [3.8, 4) is 0 Å². The first-order valence-corrected chi connectivity index (χ1v) is 8.35. The molecular weight excluding hydrogens is 307 g/mol. The smallest absolute Gasteiger partial charge is 0.220 e. The van der Waals surface area contributed by atoms with E-state index in [1.807, 2.05) is 12.1 Å². The SMILES string of the molecule is O=C(CCc1cccc(Cl)c1Cl)N[C@H]1CCN(C2CC2)C1. The van der Waals surface area contributed by atoms with E-state index in [0.29, 0.717) is 28.9 Å². The summed E-state index contributed by atoms with van der Waals surface area (Å²) in [5.74, 6) is 0.105. The Kier molecular flexibility index (Phi) is 4.72. The highest BCUT2D eigenvalue weighted by atomic mass is 35.5. The highest BCUT2D eigenvalue weighted by molar-refractivity contribution is 6.42. The molecule has 3 nitrogen and oxygen atoms in total. The van der Waals surface area contributed by atoms with Gasteiger partial charge in [0.15, 0.2) is 0 Å². The van der Waals surface area contributed by atoms with Crippen LogP contribution in [0.3, 0.4) is 0 Å². The Morgan fingerprint density at radius 2 is 2.10 bits per heavy atom. The maximum Gasteiger partial charge on any atom is 0.220 e. The summed E-state index contributed by atoms with van der Waals surface area (Å²) in [6.45, 7) is 2.13. The van der Waals surface area contributed by atoms with Gasteiger partial charge in [-0.25, -0.2) is 0 Å². The van der Waals surface area contributed by atoms with Crippen LogP contribution in [-0.4, -0.2) is 36.0 Å². The third kappa shape index (κ3) is 3.91. The van der Waals surface area contributed by atoms with Crippen molar-refractivity contribution in [1.29, 1.82) is 0 Å². The number of carbonyl (C=O) groups excluding carboxylic acids is 1. The van der Waals surface area contributed by atoms with Crippen molar-refractivity contribution in [3.63, 3.8) is 0 Å². The summed E-state index contributed by atoms with van der Waals surface area (Å²) >= 11 is 12.1. The molecule has 0 aromatic heterocycles. The van der Waals surface area contributed by atoms with E-state index >= 15 is 0 Å². The van der Waals surface area contributed by atoms with Gasteiger partial charge in [0.1, 0.15) is 0 Å². The molecule has 0 spiro atoms. The summed E-state index contributed by atoms with van der Waals surface area (Å²) < 4.78 is 0. The van der Waals surface area contributed by atoms with Crippen molar-refractivity contribution < 1.29 is 4.79 Å². The van der Waals surface area contributed by atoms with Crippen LogP contribution in [0.5, 0.6) is 0 Å². The quantitative estimate of drug-likeness (QED) is 0.900. The van der Waals surface area contributed by atoms with Crippen LogP contribution in [0.1, 0.15) is 31.2 Å². The molecule has 1 N–H and O–H groups in total. The number of amides is 1. The molecule has 1 aliphatic heterocycles. The van der Waals surface area contributed by atoms with Crippen LogP contribution in [0.25, 0.3) is 0 Å². The van der Waals surface area contributed by atoms with Crippen LogP contribution in [0.2, 0.25) is 10.0 Å². The maximum atomic E-state index is 12.1. The largest absolute Gasteiger partial charge is 0.352 e. The number of rotatable bonds is 5. The molecule has 1 heterocycles. The molecule has 1 saturated heterocycles. The predicted octanol–water partition coefficient (Wildman–Crippen LogP) is 3.28. The van der Waals surface area contributed by atoms with Gasteiger partial charge >= 0.3 is 0 Å². The Morgan fingerprint density at radius 1 is 1.29 bits per heavy atom. The second-order valence-electron chi connectivity index (χ2n) is 5.99. The van der Waals surface area contributed by atoms with Crippen LogP contribution in [0, 0.1) is 0 Å². The fraction of sp³-hybridized carbons (Fsp3) is 0.562. The Balaban J connectivity index is 1.45. The number of carbonyl (C=O) groups is 1. The van der Waals surface area contributed by atoms with E-state index in [1.54, 1.807) is 6.07 Å². The van der Waals surface area contributed by atoms with Crippen LogP contribution in [0.4, 0.5) is 0 Å². The van der Waals surface area contributed by atoms with E-state index in [2.05, 4.69) is 10.2 Å². The number of aryl methyl sites for hydroxylation is 1. The summed E-state index contributed by atoms with van der Waals surface area (Å²) in [5, 5.41) is 4.25. The standard InChI is InChI=1S/C16H20Cl2N2O/c17-14-3-1-2-11(16(14)18)4-7-15(21)19-12-8-9-20(10-12)13-5-6-13/h1-3,12-13H,4-10H2,(H,19,21)/t12-/m0/s1. The molecule has 1 atom stereocenters. The van der Waals surface area contributed by atoms with Gasteiger partial charge in [-0.3, -0.25) is 9.69 Å². The number of nitrogens with one attached hydrogen (secondary N) is 1. The molecule has 0 unspecified atom stereocenters. The number of likely N-dealkylation sites (tertiary alicyclic amines) is 1. The summed E-state index contributed by atoms with van der Waals surface area (Å²) in [4.78, 5) is 14.6. The number of hydrogen-bond acceptors (Lipinski definition) is 2. The lowest BCUT2D eigenvalue weighted by molar-refractivity contribution is -0.121. The van der Waals surface area contributed by atoms with E-state index in [9.17, 15) is 4.79 Å². The normalized spacial score (nSPS) is 22.5. The van der Waals surface area contributed by atoms with Crippen LogP contribution < -0.4 is 5.32 Å². The van der Waals surface area contributed by atoms with Crippen LogP contribution in [-0.2, 0) is 11.2 Å². The van der Waals surface area contributed by atoms with E-state index in [1.165, 1.54) is 12.8 Å². The maximum absolute atomic E-state index is 12.1. The highest BCUT2D eigenvalue weighted by Gasteiger charge is 2.34. The molecular formula is C16H20Cl2N2O. The van der Waals surface area contributed by atoms with Gasteiger partial charge in [-0.05, 0) is 37.3 Å². The fourth-order valence-corrected chi connectivity index (χ4v) is 3.38. The molecule has 1 amide bonds. The second-order valence-corrected chi connectivity index (χ2v) is 6.78. The van der Waals surface area contributed by atoms with Gasteiger partial charge in [0.05, 0.1) is 10.0 Å². The Bertz CT molecular complexity index is 531. The predicted molar refractivity (Wildman–Crippen MR) is 85.9 cm³/mol. The number of halogens is 2.